The Hall–Kier alpha value is -0.980. The summed E-state index contributed by atoms with van der Waals surface area (Å²) >= 11 is 19.7. The van der Waals surface area contributed by atoms with E-state index in [0.29, 0.717) is 38.7 Å². The zero-order chi connectivity index (χ0) is 21.5. The van der Waals surface area contributed by atoms with Crippen LogP contribution in [0.1, 0.15) is 24.0 Å². The second-order valence-electron chi connectivity index (χ2n) is 7.37. The van der Waals surface area contributed by atoms with Crippen LogP contribution >= 0.6 is 46.6 Å². The van der Waals surface area contributed by atoms with Gasteiger partial charge in [0.1, 0.15) is 5.82 Å². The van der Waals surface area contributed by atoms with Crippen molar-refractivity contribution in [3.8, 4) is 0 Å². The molecule has 30 heavy (non-hydrogen) atoms. The lowest BCUT2D eigenvalue weighted by Crippen LogP contribution is -2.43. The van der Waals surface area contributed by atoms with Crippen LogP contribution in [0.3, 0.4) is 0 Å². The summed E-state index contributed by atoms with van der Waals surface area (Å²) in [5.74, 6) is 0.965. The number of nitrogens with zero attached hydrogens (tertiary/aromatic N) is 1. The third-order valence-electron chi connectivity index (χ3n) is 5.12. The monoisotopic (exact) mass is 488 g/mol. The van der Waals surface area contributed by atoms with Crippen molar-refractivity contribution in [1.82, 2.24) is 10.2 Å². The molecule has 3 nitrogen and oxygen atoms in total. The van der Waals surface area contributed by atoms with E-state index in [2.05, 4.69) is 10.2 Å². The quantitative estimate of drug-likeness (QED) is 0.458. The van der Waals surface area contributed by atoms with Gasteiger partial charge in [-0.1, -0.05) is 46.9 Å². The van der Waals surface area contributed by atoms with Gasteiger partial charge in [0.2, 0.25) is 5.91 Å². The molecular formula is C22H24Cl3FN2OS. The molecule has 1 saturated heterocycles. The maximum atomic E-state index is 13.8. The van der Waals surface area contributed by atoms with Gasteiger partial charge in [-0.2, -0.15) is 11.8 Å². The number of halogens is 4. The van der Waals surface area contributed by atoms with Crippen LogP contribution in [0, 0.1) is 11.7 Å². The number of thioether (sulfide) groups is 1. The molecule has 0 radical (unpaired) electrons. The maximum absolute atomic E-state index is 13.8. The zero-order valence-electron chi connectivity index (χ0n) is 16.5. The Morgan fingerprint density at radius 3 is 2.77 bits per heavy atom. The summed E-state index contributed by atoms with van der Waals surface area (Å²) in [6, 6.07) is 10.4. The van der Waals surface area contributed by atoms with Gasteiger partial charge in [0.15, 0.2) is 0 Å². The fraction of sp³-hybridized carbons (Fsp3) is 0.409. The average molecular weight is 490 g/mol. The van der Waals surface area contributed by atoms with E-state index < -0.39 is 0 Å². The fourth-order valence-electron chi connectivity index (χ4n) is 3.54. The van der Waals surface area contributed by atoms with E-state index in [-0.39, 0.29) is 17.6 Å². The molecule has 3 rings (SSSR count). The standard InChI is InChI=1S/C22H24Cl3FN2OS/c23-18-4-1-5-21(26)17(18)14-30-10-8-27-22(29)16-3-2-9-28(13-16)12-15-6-7-19(24)20(25)11-15/h1,4-7,11,16H,2-3,8-10,12-14H2,(H,27,29). The van der Waals surface area contributed by atoms with E-state index in [1.807, 2.05) is 12.1 Å². The van der Waals surface area contributed by atoms with E-state index >= 15 is 0 Å². The topological polar surface area (TPSA) is 32.3 Å². The molecule has 0 aliphatic carbocycles. The molecule has 0 spiro atoms. The SMILES string of the molecule is O=C(NCCSCc1c(F)cccc1Cl)C1CCCN(Cc2ccc(Cl)c(Cl)c2)C1. The minimum Gasteiger partial charge on any atom is -0.355 e. The molecule has 8 heteroatoms. The molecule has 1 unspecified atom stereocenters. The van der Waals surface area contributed by atoms with Crippen LogP contribution in [0.4, 0.5) is 4.39 Å². The summed E-state index contributed by atoms with van der Waals surface area (Å²) in [4.78, 5) is 14.8. The molecule has 0 aromatic heterocycles. The Morgan fingerprint density at radius 2 is 2.00 bits per heavy atom. The first-order valence-corrected chi connectivity index (χ1v) is 12.2. The van der Waals surface area contributed by atoms with E-state index in [9.17, 15) is 9.18 Å². The summed E-state index contributed by atoms with van der Waals surface area (Å²) in [5, 5.41) is 4.56. The van der Waals surface area contributed by atoms with Gasteiger partial charge in [0, 0.05) is 41.7 Å². The second-order valence-corrected chi connectivity index (χ2v) is 9.69. The number of piperidine rings is 1. The third-order valence-corrected chi connectivity index (χ3v) is 7.20. The molecular weight excluding hydrogens is 466 g/mol. The van der Waals surface area contributed by atoms with E-state index in [4.69, 9.17) is 34.8 Å². The third kappa shape index (κ3) is 6.76. The predicted molar refractivity (Wildman–Crippen MR) is 125 cm³/mol. The van der Waals surface area contributed by atoms with Crippen LogP contribution in [0.2, 0.25) is 15.1 Å². The summed E-state index contributed by atoms with van der Waals surface area (Å²) in [7, 11) is 0. The normalized spacial score (nSPS) is 17.1. The van der Waals surface area contributed by atoms with Crippen LogP contribution in [0.25, 0.3) is 0 Å². The van der Waals surface area contributed by atoms with Gasteiger partial charge in [0.05, 0.1) is 16.0 Å². The van der Waals surface area contributed by atoms with Crippen LogP contribution in [-0.4, -0.2) is 36.2 Å². The van der Waals surface area contributed by atoms with E-state index in [1.54, 1.807) is 30.0 Å². The van der Waals surface area contributed by atoms with Crippen LogP contribution in [-0.2, 0) is 17.1 Å². The first-order chi connectivity index (χ1) is 14.4. The lowest BCUT2D eigenvalue weighted by atomic mass is 9.96. The molecule has 162 valence electrons. The highest BCUT2D eigenvalue weighted by molar-refractivity contribution is 7.98. The number of hydrogen-bond acceptors (Lipinski definition) is 3. The Kier molecular flexibility index (Phi) is 9.14. The van der Waals surface area contributed by atoms with Crippen molar-refractivity contribution < 1.29 is 9.18 Å². The number of amides is 1. The van der Waals surface area contributed by atoms with Gasteiger partial charge < -0.3 is 5.32 Å². The van der Waals surface area contributed by atoms with Gasteiger partial charge >= 0.3 is 0 Å². The molecule has 1 amide bonds. The van der Waals surface area contributed by atoms with Crippen molar-refractivity contribution in [3.63, 3.8) is 0 Å². The van der Waals surface area contributed by atoms with E-state index in [1.165, 1.54) is 6.07 Å². The highest BCUT2D eigenvalue weighted by Crippen LogP contribution is 2.25. The zero-order valence-corrected chi connectivity index (χ0v) is 19.6. The highest BCUT2D eigenvalue weighted by Gasteiger charge is 2.25. The van der Waals surface area contributed by atoms with Crippen molar-refractivity contribution in [2.24, 2.45) is 5.92 Å². The van der Waals surface area contributed by atoms with Crippen LogP contribution in [0.5, 0.6) is 0 Å². The molecule has 2 aromatic rings. The predicted octanol–water partition coefficient (Wildman–Crippen LogP) is 6.05. The van der Waals surface area contributed by atoms with Crippen LogP contribution in [0.15, 0.2) is 36.4 Å². The fourth-order valence-corrected chi connectivity index (χ4v) is 5.06. The van der Waals surface area contributed by atoms with E-state index in [0.717, 1.165) is 38.0 Å². The lowest BCUT2D eigenvalue weighted by molar-refractivity contribution is -0.126. The number of carbonyl (C=O) groups excluding carboxylic acids is 1. The van der Waals surface area contributed by atoms with Crippen LogP contribution < -0.4 is 5.32 Å². The molecule has 0 saturated carbocycles. The molecule has 1 N–H and O–H groups in total. The molecule has 1 fully saturated rings. The largest absolute Gasteiger partial charge is 0.355 e. The van der Waals surface area contributed by atoms with Crippen molar-refractivity contribution >= 4 is 52.5 Å². The number of carbonyl (C=O) groups is 1. The number of likely N-dealkylation sites (tertiary alicyclic amines) is 1. The molecule has 1 heterocycles. The lowest BCUT2D eigenvalue weighted by Gasteiger charge is -2.32. The first kappa shape index (κ1) is 23.7. The Balaban J connectivity index is 1.40. The summed E-state index contributed by atoms with van der Waals surface area (Å²) < 4.78 is 13.8. The van der Waals surface area contributed by atoms with Crippen molar-refractivity contribution in [2.75, 3.05) is 25.4 Å². The van der Waals surface area contributed by atoms with Gasteiger partial charge in [-0.25, -0.2) is 4.39 Å². The molecule has 1 aliphatic rings. The summed E-state index contributed by atoms with van der Waals surface area (Å²) in [6.07, 6.45) is 1.88. The smallest absolute Gasteiger partial charge is 0.224 e. The second kappa shape index (κ2) is 11.6. The van der Waals surface area contributed by atoms with Crippen molar-refractivity contribution in [2.45, 2.75) is 25.1 Å². The summed E-state index contributed by atoms with van der Waals surface area (Å²) in [6.45, 7) is 2.99. The first-order valence-electron chi connectivity index (χ1n) is 9.88. The molecule has 1 aliphatic heterocycles. The Bertz CT molecular complexity index is 863. The number of hydrogen-bond donors (Lipinski definition) is 1. The summed E-state index contributed by atoms with van der Waals surface area (Å²) in [5.41, 5.74) is 1.61. The molecule has 2 aromatic carbocycles. The van der Waals surface area contributed by atoms with Crippen molar-refractivity contribution in [3.05, 3.63) is 68.4 Å². The highest BCUT2D eigenvalue weighted by atomic mass is 35.5. The van der Waals surface area contributed by atoms with Crippen molar-refractivity contribution in [1.29, 1.82) is 0 Å². The number of rotatable bonds is 8. The van der Waals surface area contributed by atoms with Gasteiger partial charge in [-0.15, -0.1) is 0 Å². The Morgan fingerprint density at radius 1 is 1.17 bits per heavy atom. The maximum Gasteiger partial charge on any atom is 0.224 e. The minimum absolute atomic E-state index is 0.0208. The number of benzene rings is 2. The molecule has 1 atom stereocenters. The number of nitrogens with one attached hydrogen (secondary N) is 1. The van der Waals surface area contributed by atoms with Gasteiger partial charge in [0.25, 0.3) is 0 Å². The molecule has 0 bridgehead atoms. The van der Waals surface area contributed by atoms with Gasteiger partial charge in [-0.05, 0) is 49.2 Å². The van der Waals surface area contributed by atoms with Gasteiger partial charge in [-0.3, -0.25) is 9.69 Å². The Labute approximate surface area is 196 Å². The average Bonchev–Trinajstić information content (AvgIpc) is 2.72. The minimum atomic E-state index is -0.289.